The van der Waals surface area contributed by atoms with Gasteiger partial charge in [0.1, 0.15) is 18.2 Å². The predicted molar refractivity (Wildman–Crippen MR) is 85.8 cm³/mol. The predicted octanol–water partition coefficient (Wildman–Crippen LogP) is 1.59. The Morgan fingerprint density at radius 2 is 2.29 bits per heavy atom. The first kappa shape index (κ1) is 16.0. The molecular formula is C15H27N5O. The molecule has 0 bridgehead atoms. The van der Waals surface area contributed by atoms with Gasteiger partial charge in [-0.05, 0) is 33.4 Å². The Kier molecular flexibility index (Phi) is 5.76. The second kappa shape index (κ2) is 7.56. The van der Waals surface area contributed by atoms with Gasteiger partial charge in [-0.25, -0.2) is 9.97 Å². The van der Waals surface area contributed by atoms with Crippen LogP contribution in [0.4, 0.5) is 11.6 Å². The Bertz CT molecular complexity index is 454. The third kappa shape index (κ3) is 4.28. The molecule has 21 heavy (non-hydrogen) atoms. The van der Waals surface area contributed by atoms with E-state index in [1.807, 2.05) is 20.0 Å². The number of ether oxygens (including phenoxy) is 1. The van der Waals surface area contributed by atoms with Gasteiger partial charge in [-0.15, -0.1) is 0 Å². The number of hydrogen-bond donors (Lipinski definition) is 1. The van der Waals surface area contributed by atoms with Gasteiger partial charge in [-0.3, -0.25) is 0 Å². The van der Waals surface area contributed by atoms with Gasteiger partial charge in [0.05, 0.1) is 0 Å². The third-order valence-corrected chi connectivity index (χ3v) is 4.00. The van der Waals surface area contributed by atoms with E-state index in [1.54, 1.807) is 0 Å². The Labute approximate surface area is 127 Å². The van der Waals surface area contributed by atoms with E-state index in [1.165, 1.54) is 19.4 Å². The molecule has 1 aliphatic heterocycles. The molecule has 2 heterocycles. The van der Waals surface area contributed by atoms with Crippen LogP contribution in [0.1, 0.15) is 25.6 Å². The van der Waals surface area contributed by atoms with Gasteiger partial charge in [0.15, 0.2) is 5.82 Å². The molecule has 0 aliphatic carbocycles. The molecule has 0 aromatic carbocycles. The lowest BCUT2D eigenvalue weighted by atomic mass is 10.2. The molecule has 1 aromatic rings. The van der Waals surface area contributed by atoms with Gasteiger partial charge < -0.3 is 19.9 Å². The van der Waals surface area contributed by atoms with Crippen molar-refractivity contribution in [2.75, 3.05) is 51.1 Å². The molecule has 2 rings (SSSR count). The van der Waals surface area contributed by atoms with Crippen molar-refractivity contribution in [1.82, 2.24) is 14.9 Å². The van der Waals surface area contributed by atoms with Gasteiger partial charge >= 0.3 is 0 Å². The minimum atomic E-state index is 0.455. The quantitative estimate of drug-likeness (QED) is 0.824. The van der Waals surface area contributed by atoms with Crippen LogP contribution in [-0.2, 0) is 11.3 Å². The highest BCUT2D eigenvalue weighted by molar-refractivity contribution is 5.48. The van der Waals surface area contributed by atoms with E-state index in [2.05, 4.69) is 39.2 Å². The first-order valence-corrected chi connectivity index (χ1v) is 7.68. The summed E-state index contributed by atoms with van der Waals surface area (Å²) in [5.41, 5.74) is 0. The van der Waals surface area contributed by atoms with Crippen LogP contribution in [0.3, 0.4) is 0 Å². The summed E-state index contributed by atoms with van der Waals surface area (Å²) in [4.78, 5) is 13.7. The fourth-order valence-corrected chi connectivity index (χ4v) is 2.68. The molecule has 1 aliphatic rings. The molecular weight excluding hydrogens is 266 g/mol. The minimum Gasteiger partial charge on any atom is -0.374 e. The molecule has 6 heteroatoms. The van der Waals surface area contributed by atoms with Crippen LogP contribution in [-0.4, -0.2) is 61.7 Å². The van der Waals surface area contributed by atoms with Crippen molar-refractivity contribution in [3.8, 4) is 0 Å². The number of anilines is 2. The van der Waals surface area contributed by atoms with E-state index in [0.717, 1.165) is 24.0 Å². The van der Waals surface area contributed by atoms with Crippen LogP contribution in [0.25, 0.3) is 0 Å². The number of nitrogens with zero attached hydrogens (tertiary/aromatic N) is 4. The number of aromatic nitrogens is 2. The molecule has 1 saturated heterocycles. The zero-order valence-electron chi connectivity index (χ0n) is 13.6. The van der Waals surface area contributed by atoms with Crippen molar-refractivity contribution in [3.05, 3.63) is 11.9 Å². The molecule has 0 amide bonds. The van der Waals surface area contributed by atoms with Crippen LogP contribution in [0, 0.1) is 0 Å². The summed E-state index contributed by atoms with van der Waals surface area (Å²) in [6.07, 6.45) is 2.55. The molecule has 1 N–H and O–H groups in total. The Hall–Kier alpha value is -1.40. The molecule has 0 saturated carbocycles. The van der Waals surface area contributed by atoms with Gasteiger partial charge in [0.25, 0.3) is 0 Å². The van der Waals surface area contributed by atoms with E-state index in [4.69, 9.17) is 4.74 Å². The van der Waals surface area contributed by atoms with Crippen LogP contribution in [0.15, 0.2) is 6.07 Å². The normalized spacial score (nSPS) is 19.0. The monoisotopic (exact) mass is 293 g/mol. The standard InChI is InChI=1S/C15H27N5O/c1-5-21-11-14-17-13(16-2)9-15(18-14)20(4)10-12-7-6-8-19(12)3/h9,12H,5-8,10-11H2,1-4H3,(H,16,17,18). The van der Waals surface area contributed by atoms with E-state index < -0.39 is 0 Å². The second-order valence-corrected chi connectivity index (χ2v) is 5.57. The molecule has 0 spiro atoms. The highest BCUT2D eigenvalue weighted by Gasteiger charge is 2.22. The first-order valence-electron chi connectivity index (χ1n) is 7.68. The summed E-state index contributed by atoms with van der Waals surface area (Å²) < 4.78 is 5.42. The van der Waals surface area contributed by atoms with Crippen molar-refractivity contribution in [2.45, 2.75) is 32.4 Å². The van der Waals surface area contributed by atoms with Gasteiger partial charge in [0, 0.05) is 39.4 Å². The molecule has 1 fully saturated rings. The van der Waals surface area contributed by atoms with Crippen LogP contribution in [0.5, 0.6) is 0 Å². The molecule has 1 aromatic heterocycles. The van der Waals surface area contributed by atoms with Gasteiger partial charge in [-0.2, -0.15) is 0 Å². The summed E-state index contributed by atoms with van der Waals surface area (Å²) in [6, 6.07) is 2.60. The molecule has 1 unspecified atom stereocenters. The summed E-state index contributed by atoms with van der Waals surface area (Å²) >= 11 is 0. The maximum absolute atomic E-state index is 5.42. The third-order valence-electron chi connectivity index (χ3n) is 4.00. The summed E-state index contributed by atoms with van der Waals surface area (Å²) in [6.45, 7) is 5.29. The Morgan fingerprint density at radius 1 is 1.48 bits per heavy atom. The topological polar surface area (TPSA) is 53.5 Å². The van der Waals surface area contributed by atoms with Crippen molar-refractivity contribution in [3.63, 3.8) is 0 Å². The smallest absolute Gasteiger partial charge is 0.158 e. The molecule has 1 atom stereocenters. The highest BCUT2D eigenvalue weighted by atomic mass is 16.5. The lowest BCUT2D eigenvalue weighted by Gasteiger charge is -2.27. The highest BCUT2D eigenvalue weighted by Crippen LogP contribution is 2.20. The Balaban J connectivity index is 2.09. The largest absolute Gasteiger partial charge is 0.374 e. The Morgan fingerprint density at radius 3 is 2.90 bits per heavy atom. The SMILES string of the molecule is CCOCc1nc(NC)cc(N(C)CC2CCCN2C)n1. The lowest BCUT2D eigenvalue weighted by Crippen LogP contribution is -2.37. The van der Waals surface area contributed by atoms with Crippen molar-refractivity contribution >= 4 is 11.6 Å². The zero-order valence-corrected chi connectivity index (χ0v) is 13.6. The number of likely N-dealkylation sites (N-methyl/N-ethyl adjacent to an activating group) is 2. The van der Waals surface area contributed by atoms with E-state index in [0.29, 0.717) is 19.3 Å². The lowest BCUT2D eigenvalue weighted by molar-refractivity contribution is 0.128. The zero-order chi connectivity index (χ0) is 15.2. The van der Waals surface area contributed by atoms with E-state index in [-0.39, 0.29) is 0 Å². The maximum Gasteiger partial charge on any atom is 0.158 e. The van der Waals surface area contributed by atoms with Crippen molar-refractivity contribution < 1.29 is 4.74 Å². The summed E-state index contributed by atoms with van der Waals surface area (Å²) in [5, 5.41) is 3.10. The van der Waals surface area contributed by atoms with Crippen LogP contribution in [0.2, 0.25) is 0 Å². The summed E-state index contributed by atoms with van der Waals surface area (Å²) in [5.74, 6) is 2.51. The number of rotatable bonds is 7. The second-order valence-electron chi connectivity index (χ2n) is 5.57. The fourth-order valence-electron chi connectivity index (χ4n) is 2.68. The minimum absolute atomic E-state index is 0.455. The number of hydrogen-bond acceptors (Lipinski definition) is 6. The first-order chi connectivity index (χ1) is 10.1. The average Bonchev–Trinajstić information content (AvgIpc) is 2.90. The van der Waals surface area contributed by atoms with Gasteiger partial charge in [-0.1, -0.05) is 0 Å². The van der Waals surface area contributed by atoms with Crippen molar-refractivity contribution in [1.29, 1.82) is 0 Å². The van der Waals surface area contributed by atoms with Crippen LogP contribution < -0.4 is 10.2 Å². The molecule has 0 radical (unpaired) electrons. The summed E-state index contributed by atoms with van der Waals surface area (Å²) in [7, 11) is 6.17. The fraction of sp³-hybridized carbons (Fsp3) is 0.733. The van der Waals surface area contributed by atoms with Crippen LogP contribution >= 0.6 is 0 Å². The number of likely N-dealkylation sites (tertiary alicyclic amines) is 1. The van der Waals surface area contributed by atoms with Crippen molar-refractivity contribution in [2.24, 2.45) is 0 Å². The van der Waals surface area contributed by atoms with E-state index >= 15 is 0 Å². The molecule has 6 nitrogen and oxygen atoms in total. The van der Waals surface area contributed by atoms with E-state index in [9.17, 15) is 0 Å². The average molecular weight is 293 g/mol. The maximum atomic E-state index is 5.42. The van der Waals surface area contributed by atoms with Gasteiger partial charge in [0.2, 0.25) is 0 Å². The number of nitrogens with one attached hydrogen (secondary N) is 1. The molecule has 118 valence electrons.